The number of ether oxygens (including phenoxy) is 2. The van der Waals surface area contributed by atoms with E-state index in [1.165, 1.54) is 77.0 Å². The van der Waals surface area contributed by atoms with Gasteiger partial charge in [0.1, 0.15) is 6.61 Å². The summed E-state index contributed by atoms with van der Waals surface area (Å²) in [5.74, 6) is -0.903. The van der Waals surface area contributed by atoms with Gasteiger partial charge in [-0.15, -0.1) is 6.58 Å². The monoisotopic (exact) mass is 684 g/mol. The lowest BCUT2D eigenvalue weighted by atomic mass is 10.0. The normalized spacial score (nSPS) is 12.6. The lowest BCUT2D eigenvalue weighted by Crippen LogP contribution is -2.29. The minimum atomic E-state index is -4.75. The van der Waals surface area contributed by atoms with Crippen molar-refractivity contribution in [2.24, 2.45) is 0 Å². The number of phosphoric ester groups is 1. The van der Waals surface area contributed by atoms with Gasteiger partial charge in [-0.05, 0) is 51.4 Å². The Morgan fingerprint density at radius 1 is 0.617 bits per heavy atom. The smallest absolute Gasteiger partial charge is 0.462 e. The van der Waals surface area contributed by atoms with E-state index in [4.69, 9.17) is 19.3 Å². The molecule has 0 spiro atoms. The third kappa shape index (κ3) is 36.9. The first-order valence-electron chi connectivity index (χ1n) is 18.7. The molecule has 0 heterocycles. The Balaban J connectivity index is 3.96. The Bertz CT molecular complexity index is 851. The van der Waals surface area contributed by atoms with E-state index in [-0.39, 0.29) is 19.4 Å². The quantitative estimate of drug-likeness (QED) is 0.0293. The highest BCUT2D eigenvalue weighted by molar-refractivity contribution is 7.46. The SMILES string of the molecule is C=CCCCCCCCCCCCCCCCC(=O)OC[C@H](COP(=O)(O)O)OC(=O)CCCCCCC/C=C/C/C=C/CCCC. The van der Waals surface area contributed by atoms with Gasteiger partial charge in [0.05, 0.1) is 6.61 Å². The van der Waals surface area contributed by atoms with Gasteiger partial charge in [0, 0.05) is 12.8 Å². The van der Waals surface area contributed by atoms with E-state index in [2.05, 4.69) is 42.3 Å². The molecule has 274 valence electrons. The zero-order valence-corrected chi connectivity index (χ0v) is 30.7. The fourth-order valence-corrected chi connectivity index (χ4v) is 5.55. The number of unbranched alkanes of at least 4 members (excludes halogenated alkanes) is 20. The van der Waals surface area contributed by atoms with E-state index in [0.29, 0.717) is 6.42 Å². The van der Waals surface area contributed by atoms with Gasteiger partial charge >= 0.3 is 19.8 Å². The summed E-state index contributed by atoms with van der Waals surface area (Å²) in [6.45, 7) is 5.13. The second kappa shape index (κ2) is 34.1. The van der Waals surface area contributed by atoms with Crippen LogP contribution in [-0.2, 0) is 28.2 Å². The Kier molecular flexibility index (Phi) is 32.9. The van der Waals surface area contributed by atoms with Crippen molar-refractivity contribution >= 4 is 19.8 Å². The Hall–Kier alpha value is -1.73. The number of esters is 2. The average Bonchev–Trinajstić information content (AvgIpc) is 3.03. The van der Waals surface area contributed by atoms with E-state index in [9.17, 15) is 14.2 Å². The second-order valence-electron chi connectivity index (χ2n) is 12.6. The summed E-state index contributed by atoms with van der Waals surface area (Å²) in [6.07, 6.45) is 37.5. The fourth-order valence-electron chi connectivity index (χ4n) is 5.19. The van der Waals surface area contributed by atoms with Crippen LogP contribution in [0.5, 0.6) is 0 Å². The molecular formula is C38H69O8P. The molecular weight excluding hydrogens is 615 g/mol. The van der Waals surface area contributed by atoms with Crippen LogP contribution in [0.1, 0.15) is 174 Å². The predicted octanol–water partition coefficient (Wildman–Crippen LogP) is 11.0. The van der Waals surface area contributed by atoms with E-state index >= 15 is 0 Å². The van der Waals surface area contributed by atoms with Crippen LogP contribution < -0.4 is 0 Å². The van der Waals surface area contributed by atoms with Crippen LogP contribution in [-0.4, -0.2) is 41.0 Å². The molecule has 8 nitrogen and oxygen atoms in total. The fraction of sp³-hybridized carbons (Fsp3) is 0.789. The van der Waals surface area contributed by atoms with Crippen LogP contribution >= 0.6 is 7.82 Å². The van der Waals surface area contributed by atoms with Gasteiger partial charge in [-0.3, -0.25) is 14.1 Å². The van der Waals surface area contributed by atoms with Gasteiger partial charge in [-0.2, -0.15) is 0 Å². The Morgan fingerprint density at radius 3 is 1.55 bits per heavy atom. The molecule has 0 aromatic rings. The first-order chi connectivity index (χ1) is 22.8. The maximum Gasteiger partial charge on any atom is 0.469 e. The maximum atomic E-state index is 12.3. The van der Waals surface area contributed by atoms with Crippen LogP contribution in [0, 0.1) is 0 Å². The van der Waals surface area contributed by atoms with Crippen molar-refractivity contribution in [1.29, 1.82) is 0 Å². The number of hydrogen-bond donors (Lipinski definition) is 2. The number of carbonyl (C=O) groups is 2. The number of allylic oxidation sites excluding steroid dienone is 5. The molecule has 0 saturated heterocycles. The second-order valence-corrected chi connectivity index (χ2v) is 13.9. The molecule has 0 rings (SSSR count). The third-order valence-electron chi connectivity index (χ3n) is 8.03. The molecule has 0 radical (unpaired) electrons. The molecule has 0 aliphatic rings. The van der Waals surface area contributed by atoms with Crippen LogP contribution in [0.3, 0.4) is 0 Å². The molecule has 0 aromatic carbocycles. The molecule has 0 bridgehead atoms. The summed E-state index contributed by atoms with van der Waals surface area (Å²) in [6, 6.07) is 0. The van der Waals surface area contributed by atoms with Crippen LogP contribution in [0.2, 0.25) is 0 Å². The minimum Gasteiger partial charge on any atom is -0.462 e. The standard InChI is InChI=1S/C38H69O8P/c1-3-5-7-9-11-13-15-17-19-21-22-24-26-28-30-32-37(39)44-34-36(35-45-47(41,42)43)46-38(40)33-31-29-27-25-23-20-18-16-14-12-10-8-6-4-2/h3,10,12,16,18,36H,1,4-9,11,13-15,17,19-35H2,2H3,(H2,41,42,43)/b12-10+,18-16+/t36-/m1/s1. The number of hydrogen-bond acceptors (Lipinski definition) is 6. The molecule has 0 fully saturated rings. The van der Waals surface area contributed by atoms with Gasteiger partial charge in [0.15, 0.2) is 6.10 Å². The van der Waals surface area contributed by atoms with Crippen molar-refractivity contribution in [2.75, 3.05) is 13.2 Å². The Labute approximate surface area is 287 Å². The maximum absolute atomic E-state index is 12.3. The highest BCUT2D eigenvalue weighted by Gasteiger charge is 2.22. The molecule has 0 aliphatic carbocycles. The summed E-state index contributed by atoms with van der Waals surface area (Å²) in [7, 11) is -4.75. The molecule has 2 N–H and O–H groups in total. The van der Waals surface area contributed by atoms with E-state index in [1.807, 2.05) is 6.08 Å². The van der Waals surface area contributed by atoms with E-state index in [0.717, 1.165) is 70.6 Å². The van der Waals surface area contributed by atoms with Crippen LogP contribution in [0.25, 0.3) is 0 Å². The van der Waals surface area contributed by atoms with Crippen molar-refractivity contribution in [3.63, 3.8) is 0 Å². The van der Waals surface area contributed by atoms with E-state index in [1.54, 1.807) is 0 Å². The minimum absolute atomic E-state index is 0.195. The highest BCUT2D eigenvalue weighted by atomic mass is 31.2. The lowest BCUT2D eigenvalue weighted by Gasteiger charge is -2.18. The van der Waals surface area contributed by atoms with Crippen molar-refractivity contribution in [3.05, 3.63) is 37.0 Å². The first-order valence-corrected chi connectivity index (χ1v) is 20.3. The zero-order chi connectivity index (χ0) is 34.7. The molecule has 0 aromatic heterocycles. The number of rotatable bonds is 35. The van der Waals surface area contributed by atoms with Gasteiger partial charge in [0.25, 0.3) is 0 Å². The molecule has 0 saturated carbocycles. The largest absolute Gasteiger partial charge is 0.469 e. The van der Waals surface area contributed by atoms with Crippen molar-refractivity contribution in [1.82, 2.24) is 0 Å². The first kappa shape index (κ1) is 45.3. The van der Waals surface area contributed by atoms with Crippen LogP contribution in [0.15, 0.2) is 37.0 Å². The van der Waals surface area contributed by atoms with Crippen molar-refractivity contribution in [3.8, 4) is 0 Å². The van der Waals surface area contributed by atoms with E-state index < -0.39 is 32.5 Å². The summed E-state index contributed by atoms with van der Waals surface area (Å²) < 4.78 is 26.3. The molecule has 1 atom stereocenters. The topological polar surface area (TPSA) is 119 Å². The van der Waals surface area contributed by atoms with Crippen LogP contribution in [0.4, 0.5) is 0 Å². The predicted molar refractivity (Wildman–Crippen MR) is 193 cm³/mol. The molecule has 0 amide bonds. The molecule has 47 heavy (non-hydrogen) atoms. The molecule has 0 aliphatic heterocycles. The Morgan fingerprint density at radius 2 is 1.06 bits per heavy atom. The zero-order valence-electron chi connectivity index (χ0n) is 29.8. The summed E-state index contributed by atoms with van der Waals surface area (Å²) >= 11 is 0. The van der Waals surface area contributed by atoms with Gasteiger partial charge in [-0.1, -0.05) is 140 Å². The van der Waals surface area contributed by atoms with Gasteiger partial charge < -0.3 is 19.3 Å². The number of carbonyl (C=O) groups excluding carboxylic acids is 2. The van der Waals surface area contributed by atoms with Crippen molar-refractivity contribution in [2.45, 2.75) is 180 Å². The number of phosphoric acid groups is 1. The summed E-state index contributed by atoms with van der Waals surface area (Å²) in [4.78, 5) is 42.7. The van der Waals surface area contributed by atoms with Gasteiger partial charge in [-0.25, -0.2) is 4.57 Å². The van der Waals surface area contributed by atoms with Crippen molar-refractivity contribution < 1.29 is 37.9 Å². The highest BCUT2D eigenvalue weighted by Crippen LogP contribution is 2.36. The molecule has 0 unspecified atom stereocenters. The lowest BCUT2D eigenvalue weighted by molar-refractivity contribution is -0.161. The van der Waals surface area contributed by atoms with Gasteiger partial charge in [0.2, 0.25) is 0 Å². The molecule has 9 heteroatoms. The average molecular weight is 685 g/mol. The summed E-state index contributed by atoms with van der Waals surface area (Å²) in [5.41, 5.74) is 0. The third-order valence-corrected chi connectivity index (χ3v) is 8.51. The summed E-state index contributed by atoms with van der Waals surface area (Å²) in [5, 5.41) is 0.